The van der Waals surface area contributed by atoms with Gasteiger partial charge < -0.3 is 23.5 Å². The molecule has 104 valence electrons. The minimum atomic E-state index is -2.78. The van der Waals surface area contributed by atoms with Crippen LogP contribution in [0, 0.1) is 0 Å². The first-order valence-corrected chi connectivity index (χ1v) is 7.57. The van der Waals surface area contributed by atoms with Crippen molar-refractivity contribution < 1.29 is 23.5 Å². The first kappa shape index (κ1) is 17.0. The van der Waals surface area contributed by atoms with E-state index in [-0.39, 0.29) is 18.9 Å². The largest absolute Gasteiger partial charge is 0.518 e. The van der Waals surface area contributed by atoms with Gasteiger partial charge in [0.05, 0.1) is 18.9 Å². The molecule has 0 amide bonds. The Balaban J connectivity index is 4.94. The second kappa shape index (κ2) is 8.98. The molecule has 6 nitrogen and oxygen atoms in total. The fraction of sp³-hybridized carbons (Fsp3) is 1.00. The summed E-state index contributed by atoms with van der Waals surface area (Å²) in [5.41, 5.74) is -0.0678. The quantitative estimate of drug-likeness (QED) is 0.519. The van der Waals surface area contributed by atoms with Gasteiger partial charge in [0.1, 0.15) is 0 Å². The van der Waals surface area contributed by atoms with Gasteiger partial charge in [0.15, 0.2) is 0 Å². The highest BCUT2D eigenvalue weighted by atomic mass is 28.4. The van der Waals surface area contributed by atoms with Crippen molar-refractivity contribution in [1.29, 1.82) is 0 Å². The lowest BCUT2D eigenvalue weighted by Crippen LogP contribution is -2.62. The third-order valence-corrected chi connectivity index (χ3v) is 6.16. The molecule has 17 heavy (non-hydrogen) atoms. The van der Waals surface area contributed by atoms with Crippen molar-refractivity contribution in [1.82, 2.24) is 4.90 Å². The summed E-state index contributed by atoms with van der Waals surface area (Å²) in [5.74, 6) is 0. The van der Waals surface area contributed by atoms with E-state index in [1.54, 1.807) is 21.3 Å². The Morgan fingerprint density at radius 1 is 1.00 bits per heavy atom. The molecule has 0 heterocycles. The molecule has 1 atom stereocenters. The van der Waals surface area contributed by atoms with Crippen LogP contribution in [0.4, 0.5) is 0 Å². The van der Waals surface area contributed by atoms with E-state index in [1.165, 1.54) is 0 Å². The van der Waals surface area contributed by atoms with E-state index in [4.69, 9.17) is 23.5 Å². The van der Waals surface area contributed by atoms with Crippen LogP contribution in [0.5, 0.6) is 0 Å². The Kier molecular flexibility index (Phi) is 8.97. The van der Waals surface area contributed by atoms with Crippen LogP contribution < -0.4 is 0 Å². The van der Waals surface area contributed by atoms with Crippen molar-refractivity contribution in [3.05, 3.63) is 0 Å². The molecule has 0 aliphatic carbocycles. The topological polar surface area (TPSA) is 71.4 Å². The van der Waals surface area contributed by atoms with Crippen LogP contribution in [-0.2, 0) is 13.3 Å². The zero-order valence-corrected chi connectivity index (χ0v) is 12.2. The van der Waals surface area contributed by atoms with Crippen LogP contribution in [-0.4, -0.2) is 77.2 Å². The van der Waals surface area contributed by atoms with E-state index in [2.05, 4.69) is 0 Å². The first-order valence-electron chi connectivity index (χ1n) is 5.76. The normalized spacial score (nSPS) is 14.3. The van der Waals surface area contributed by atoms with E-state index in [0.29, 0.717) is 13.1 Å². The van der Waals surface area contributed by atoms with Gasteiger partial charge in [-0.15, -0.1) is 0 Å². The van der Waals surface area contributed by atoms with E-state index in [0.717, 1.165) is 6.42 Å². The van der Waals surface area contributed by atoms with Crippen LogP contribution in [0.15, 0.2) is 0 Å². The number of rotatable bonds is 10. The molecular formula is C10H25NO5Si. The smallest absolute Gasteiger partial charge is 0.395 e. The molecule has 0 radical (unpaired) electrons. The van der Waals surface area contributed by atoms with E-state index in [9.17, 15) is 0 Å². The van der Waals surface area contributed by atoms with Crippen molar-refractivity contribution in [3.8, 4) is 0 Å². The Labute approximate surface area is 104 Å². The molecule has 0 aromatic heterocycles. The lowest BCUT2D eigenvalue weighted by atomic mass is 10.4. The highest BCUT2D eigenvalue weighted by molar-refractivity contribution is 6.62. The molecule has 2 N–H and O–H groups in total. The van der Waals surface area contributed by atoms with Gasteiger partial charge >= 0.3 is 8.80 Å². The highest BCUT2D eigenvalue weighted by Gasteiger charge is 2.49. The molecule has 0 saturated heterocycles. The monoisotopic (exact) mass is 267 g/mol. The van der Waals surface area contributed by atoms with Gasteiger partial charge in [0, 0.05) is 34.4 Å². The van der Waals surface area contributed by atoms with Crippen LogP contribution in [0.3, 0.4) is 0 Å². The first-order chi connectivity index (χ1) is 8.15. The van der Waals surface area contributed by atoms with Gasteiger partial charge in [-0.25, -0.2) is 0 Å². The minimum absolute atomic E-state index is 0.0259. The Morgan fingerprint density at radius 3 is 1.65 bits per heavy atom. The van der Waals surface area contributed by atoms with Gasteiger partial charge in [-0.05, 0) is 6.42 Å². The van der Waals surface area contributed by atoms with Crippen molar-refractivity contribution in [2.24, 2.45) is 0 Å². The minimum Gasteiger partial charge on any atom is -0.395 e. The second-order valence-corrected chi connectivity index (χ2v) is 6.72. The summed E-state index contributed by atoms with van der Waals surface area (Å²) in [6.07, 6.45) is 0.766. The zero-order valence-electron chi connectivity index (χ0n) is 11.2. The lowest BCUT2D eigenvalue weighted by molar-refractivity contribution is 0.0586. The molecule has 0 aromatic carbocycles. The third-order valence-electron chi connectivity index (χ3n) is 2.86. The summed E-state index contributed by atoms with van der Waals surface area (Å²) in [7, 11) is 1.92. The summed E-state index contributed by atoms with van der Waals surface area (Å²) in [6.45, 7) is 2.98. The second-order valence-electron chi connectivity index (χ2n) is 3.62. The molecule has 0 aliphatic rings. The molecule has 0 aromatic rings. The summed E-state index contributed by atoms with van der Waals surface area (Å²) >= 11 is 0. The maximum atomic E-state index is 9.06. The molecule has 0 bridgehead atoms. The Morgan fingerprint density at radius 2 is 1.41 bits per heavy atom. The van der Waals surface area contributed by atoms with Gasteiger partial charge in [-0.2, -0.15) is 0 Å². The number of nitrogens with zero attached hydrogens (tertiary/aromatic N) is 1. The summed E-state index contributed by atoms with van der Waals surface area (Å²) in [5, 5.41) is 18.1. The maximum Gasteiger partial charge on any atom is 0.518 e. The molecule has 0 saturated carbocycles. The van der Waals surface area contributed by atoms with Gasteiger partial charge in [0.2, 0.25) is 0 Å². The predicted molar refractivity (Wildman–Crippen MR) is 66.6 cm³/mol. The standard InChI is InChI=1S/C10H25NO5Si/c1-5-10(11(6-8-12)7-9-13)17(14-2,15-3)16-4/h10,12-13H,5-9H2,1-4H3. The fourth-order valence-corrected chi connectivity index (χ4v) is 4.59. The van der Waals surface area contributed by atoms with Crippen LogP contribution in [0.1, 0.15) is 13.3 Å². The number of hydrogen-bond acceptors (Lipinski definition) is 6. The SMILES string of the molecule is CCC(N(CCO)CCO)[Si](OC)(OC)OC. The molecule has 1 unspecified atom stereocenters. The van der Waals surface area contributed by atoms with Gasteiger partial charge in [-0.1, -0.05) is 6.92 Å². The molecule has 0 aliphatic heterocycles. The third kappa shape index (κ3) is 4.29. The summed E-state index contributed by atoms with van der Waals surface area (Å²) < 4.78 is 16.4. The molecule has 0 fully saturated rings. The Hall–Kier alpha value is -0.0231. The molecule has 0 rings (SSSR count). The van der Waals surface area contributed by atoms with Crippen LogP contribution >= 0.6 is 0 Å². The van der Waals surface area contributed by atoms with E-state index in [1.807, 2.05) is 11.8 Å². The maximum absolute atomic E-state index is 9.06. The zero-order chi connectivity index (χ0) is 13.3. The van der Waals surface area contributed by atoms with Gasteiger partial charge in [-0.3, -0.25) is 4.90 Å². The predicted octanol–water partition coefficient (Wildman–Crippen LogP) is -0.531. The number of aliphatic hydroxyl groups excluding tert-OH is 2. The average molecular weight is 267 g/mol. The van der Waals surface area contributed by atoms with Crippen LogP contribution in [0.25, 0.3) is 0 Å². The van der Waals surface area contributed by atoms with E-state index < -0.39 is 8.80 Å². The van der Waals surface area contributed by atoms with Crippen molar-refractivity contribution in [3.63, 3.8) is 0 Å². The Bertz CT molecular complexity index is 177. The van der Waals surface area contributed by atoms with E-state index >= 15 is 0 Å². The number of hydrogen-bond donors (Lipinski definition) is 2. The van der Waals surface area contributed by atoms with Crippen molar-refractivity contribution in [2.45, 2.75) is 19.0 Å². The van der Waals surface area contributed by atoms with Crippen LogP contribution in [0.2, 0.25) is 0 Å². The average Bonchev–Trinajstić information content (AvgIpc) is 2.36. The van der Waals surface area contributed by atoms with Crippen molar-refractivity contribution >= 4 is 8.80 Å². The summed E-state index contributed by atoms with van der Waals surface area (Å²) in [6, 6.07) is 0. The number of aliphatic hydroxyl groups is 2. The lowest BCUT2D eigenvalue weighted by Gasteiger charge is -2.38. The van der Waals surface area contributed by atoms with Gasteiger partial charge in [0.25, 0.3) is 0 Å². The fourth-order valence-electron chi connectivity index (χ4n) is 2.07. The molecular weight excluding hydrogens is 242 g/mol. The molecule has 0 spiro atoms. The summed E-state index contributed by atoms with van der Waals surface area (Å²) in [4.78, 5) is 1.95. The molecule has 7 heteroatoms. The highest BCUT2D eigenvalue weighted by Crippen LogP contribution is 2.20. The van der Waals surface area contributed by atoms with Crippen molar-refractivity contribution in [2.75, 3.05) is 47.6 Å².